The van der Waals surface area contributed by atoms with Crippen LogP contribution in [0.4, 0.5) is 5.82 Å². The molecule has 1 aliphatic rings. The van der Waals surface area contributed by atoms with Crippen LogP contribution in [0.1, 0.15) is 51.1 Å². The third-order valence-electron chi connectivity index (χ3n) is 5.93. The minimum absolute atomic E-state index is 0.0722. The maximum Gasteiger partial charge on any atom is 0.477 e. The number of fused-ring (bicyclic) bond motifs is 1. The molecular formula is C22H34N5O8P. The second-order valence-electron chi connectivity index (χ2n) is 8.38. The number of phosphoric acid groups is 1. The number of hydrogen-bond acceptors (Lipinski definition) is 12. The van der Waals surface area contributed by atoms with Crippen LogP contribution < -0.4 is 5.73 Å². The number of aromatic nitrogens is 3. The van der Waals surface area contributed by atoms with Gasteiger partial charge in [0.1, 0.15) is 30.1 Å². The lowest BCUT2D eigenvalue weighted by molar-refractivity contribution is -0.144. The van der Waals surface area contributed by atoms with E-state index >= 15 is 0 Å². The van der Waals surface area contributed by atoms with Crippen LogP contribution in [-0.2, 0) is 33.2 Å². The van der Waals surface area contributed by atoms with Crippen LogP contribution in [0, 0.1) is 11.3 Å². The molecule has 0 aromatic carbocycles. The van der Waals surface area contributed by atoms with Gasteiger partial charge in [0.25, 0.3) is 0 Å². The fraction of sp³-hybridized carbons (Fsp3) is 0.682. The Morgan fingerprint density at radius 2 is 1.97 bits per heavy atom. The molecule has 3 heterocycles. The van der Waals surface area contributed by atoms with Gasteiger partial charge in [-0.05, 0) is 18.6 Å². The standard InChI is InChI=1S/C22H34N5O8P/c1-3-4-5-6-7-8-11-32-12-13-33-36(30,31-2)35-21-18(28)19(29)22(14-23,34-21)17-10-9-16-20(24)25-15-26-27(16)17/h9-10,15,18-19,21,28-29H,3-8,11-13H2,1-2H3,(H2,24,25,26)/t18-,19+,21+,22-,36?/m0/s1. The highest BCUT2D eigenvalue weighted by atomic mass is 31.2. The Bertz CT molecular complexity index is 1080. The van der Waals surface area contributed by atoms with Crippen molar-refractivity contribution in [2.75, 3.05) is 32.7 Å². The summed E-state index contributed by atoms with van der Waals surface area (Å²) < 4.78 is 40.8. The van der Waals surface area contributed by atoms with Crippen LogP contribution in [0.5, 0.6) is 0 Å². The van der Waals surface area contributed by atoms with Gasteiger partial charge in [-0.25, -0.2) is 14.1 Å². The van der Waals surface area contributed by atoms with E-state index in [1.165, 1.54) is 48.7 Å². The number of rotatable bonds is 15. The molecule has 0 bridgehead atoms. The number of aliphatic hydroxyl groups is 2. The zero-order valence-corrected chi connectivity index (χ0v) is 21.4. The van der Waals surface area contributed by atoms with Crippen LogP contribution in [0.2, 0.25) is 0 Å². The second-order valence-corrected chi connectivity index (χ2v) is 10.1. The number of nitrogens with two attached hydrogens (primary N) is 1. The van der Waals surface area contributed by atoms with Gasteiger partial charge >= 0.3 is 7.82 Å². The molecule has 36 heavy (non-hydrogen) atoms. The molecule has 2 aromatic rings. The Morgan fingerprint density at radius 3 is 2.69 bits per heavy atom. The Morgan fingerprint density at radius 1 is 1.22 bits per heavy atom. The van der Waals surface area contributed by atoms with E-state index in [4.69, 9.17) is 28.8 Å². The molecule has 1 saturated heterocycles. The quantitative estimate of drug-likeness (QED) is 0.227. The number of aliphatic hydroxyl groups excluding tert-OH is 2. The molecule has 1 aliphatic heterocycles. The van der Waals surface area contributed by atoms with Gasteiger partial charge < -0.3 is 25.4 Å². The lowest BCUT2D eigenvalue weighted by atomic mass is 9.93. The summed E-state index contributed by atoms with van der Waals surface area (Å²) in [6.07, 6.45) is 2.73. The molecule has 3 rings (SSSR count). The van der Waals surface area contributed by atoms with Crippen LogP contribution >= 0.6 is 7.82 Å². The van der Waals surface area contributed by atoms with Crippen molar-refractivity contribution < 1.29 is 37.8 Å². The average Bonchev–Trinajstić information content (AvgIpc) is 3.42. The number of hydrogen-bond donors (Lipinski definition) is 3. The van der Waals surface area contributed by atoms with Crippen LogP contribution in [0.25, 0.3) is 5.52 Å². The molecule has 0 radical (unpaired) electrons. The van der Waals surface area contributed by atoms with E-state index in [0.29, 0.717) is 12.1 Å². The fourth-order valence-electron chi connectivity index (χ4n) is 3.94. The Balaban J connectivity index is 1.58. The zero-order valence-electron chi connectivity index (χ0n) is 20.5. The summed E-state index contributed by atoms with van der Waals surface area (Å²) in [6, 6.07) is 4.86. The van der Waals surface area contributed by atoms with Crippen LogP contribution in [0.15, 0.2) is 18.5 Å². The third kappa shape index (κ3) is 6.22. The zero-order chi connectivity index (χ0) is 26.2. The first-order valence-electron chi connectivity index (χ1n) is 11.9. The highest BCUT2D eigenvalue weighted by molar-refractivity contribution is 7.48. The van der Waals surface area contributed by atoms with Gasteiger partial charge in [0.2, 0.25) is 5.60 Å². The molecule has 2 aromatic heterocycles. The van der Waals surface area contributed by atoms with Crippen LogP contribution in [0.3, 0.4) is 0 Å². The first-order valence-corrected chi connectivity index (χ1v) is 13.4. The van der Waals surface area contributed by atoms with E-state index in [9.17, 15) is 20.0 Å². The lowest BCUT2D eigenvalue weighted by Gasteiger charge is -2.24. The van der Waals surface area contributed by atoms with Gasteiger partial charge in [0, 0.05) is 13.7 Å². The van der Waals surface area contributed by atoms with Crippen LogP contribution in [-0.4, -0.2) is 70.2 Å². The maximum atomic E-state index is 12.9. The summed E-state index contributed by atoms with van der Waals surface area (Å²) in [5, 5.41) is 35.3. The number of nitriles is 1. The topological polar surface area (TPSA) is 184 Å². The van der Waals surface area contributed by atoms with Crippen molar-refractivity contribution >= 4 is 19.2 Å². The summed E-state index contributed by atoms with van der Waals surface area (Å²) in [5.41, 5.74) is 4.16. The van der Waals surface area contributed by atoms with E-state index in [1.807, 2.05) is 6.07 Å². The predicted octanol–water partition coefficient (Wildman–Crippen LogP) is 2.27. The number of nitrogens with zero attached hydrogens (tertiary/aromatic N) is 4. The molecule has 5 atom stereocenters. The van der Waals surface area contributed by atoms with E-state index in [-0.39, 0.29) is 24.7 Å². The van der Waals surface area contributed by atoms with Crippen molar-refractivity contribution in [1.29, 1.82) is 5.26 Å². The number of unbranched alkanes of at least 4 members (excludes halogenated alkanes) is 5. The van der Waals surface area contributed by atoms with Gasteiger partial charge in [0.15, 0.2) is 12.1 Å². The summed E-state index contributed by atoms with van der Waals surface area (Å²) in [7, 11) is -3.12. The van der Waals surface area contributed by atoms with Crippen molar-refractivity contribution in [2.45, 2.75) is 69.5 Å². The third-order valence-corrected chi connectivity index (χ3v) is 7.34. The molecule has 0 saturated carbocycles. The molecule has 200 valence electrons. The summed E-state index contributed by atoms with van der Waals surface area (Å²) in [6.45, 7) is 2.77. The normalized spacial score (nSPS) is 25.7. The number of ether oxygens (including phenoxy) is 2. The first kappa shape index (κ1) is 28.4. The highest BCUT2D eigenvalue weighted by Gasteiger charge is 2.59. The molecule has 14 heteroatoms. The minimum atomic E-state index is -4.22. The summed E-state index contributed by atoms with van der Waals surface area (Å²) in [5.74, 6) is 0.140. The van der Waals surface area contributed by atoms with Gasteiger partial charge in [0.05, 0.1) is 18.9 Å². The fourth-order valence-corrected chi connectivity index (χ4v) is 4.91. The van der Waals surface area contributed by atoms with Crippen molar-refractivity contribution in [3.8, 4) is 6.07 Å². The smallest absolute Gasteiger partial charge is 0.386 e. The maximum absolute atomic E-state index is 12.9. The highest BCUT2D eigenvalue weighted by Crippen LogP contribution is 2.53. The number of anilines is 1. The van der Waals surface area contributed by atoms with Gasteiger partial charge in [-0.1, -0.05) is 39.0 Å². The summed E-state index contributed by atoms with van der Waals surface area (Å²) >= 11 is 0. The van der Waals surface area contributed by atoms with E-state index in [0.717, 1.165) is 20.0 Å². The number of phosphoric ester groups is 1. The van der Waals surface area contributed by atoms with E-state index in [1.54, 1.807) is 0 Å². The molecule has 0 aliphatic carbocycles. The van der Waals surface area contributed by atoms with E-state index in [2.05, 4.69) is 17.0 Å². The molecule has 0 spiro atoms. The average molecular weight is 528 g/mol. The number of nitrogen functional groups attached to an aromatic ring is 1. The van der Waals surface area contributed by atoms with Gasteiger partial charge in [-0.2, -0.15) is 10.4 Å². The monoisotopic (exact) mass is 527 g/mol. The van der Waals surface area contributed by atoms with E-state index < -0.39 is 31.9 Å². The van der Waals surface area contributed by atoms with Gasteiger partial charge in [-0.15, -0.1) is 0 Å². The van der Waals surface area contributed by atoms with Gasteiger partial charge in [-0.3, -0.25) is 13.6 Å². The Hall–Kier alpha value is -2.14. The van der Waals surface area contributed by atoms with Crippen molar-refractivity contribution in [3.05, 3.63) is 24.2 Å². The molecule has 1 fully saturated rings. The lowest BCUT2D eigenvalue weighted by Crippen LogP contribution is -2.40. The Kier molecular flexibility index (Phi) is 10.2. The molecule has 4 N–H and O–H groups in total. The molecule has 13 nitrogen and oxygen atoms in total. The van der Waals surface area contributed by atoms with Crippen molar-refractivity contribution in [1.82, 2.24) is 14.6 Å². The van der Waals surface area contributed by atoms with Crippen molar-refractivity contribution in [2.24, 2.45) is 0 Å². The minimum Gasteiger partial charge on any atom is -0.386 e. The molecule has 0 amide bonds. The SMILES string of the molecule is CCCCCCCCOCCOP(=O)(OC)O[C@H]1O[C@@](C#N)(c2ccc3c(N)ncnn23)[C@H](O)[C@@H]1O. The Labute approximate surface area is 209 Å². The summed E-state index contributed by atoms with van der Waals surface area (Å²) in [4.78, 5) is 3.88. The predicted molar refractivity (Wildman–Crippen MR) is 127 cm³/mol. The second kappa shape index (κ2) is 12.9. The molecule has 1 unspecified atom stereocenters. The largest absolute Gasteiger partial charge is 0.477 e. The first-order chi connectivity index (χ1) is 17.3. The molecular weight excluding hydrogens is 493 g/mol. The van der Waals surface area contributed by atoms with Crippen molar-refractivity contribution in [3.63, 3.8) is 0 Å².